The third kappa shape index (κ3) is 3.84. The number of likely N-dealkylation sites (N-methyl/N-ethyl adjacent to an activating group) is 1. The van der Waals surface area contributed by atoms with E-state index in [9.17, 15) is 4.79 Å². The predicted molar refractivity (Wildman–Crippen MR) is 68.6 cm³/mol. The van der Waals surface area contributed by atoms with Gasteiger partial charge in [0.1, 0.15) is 5.75 Å². The summed E-state index contributed by atoms with van der Waals surface area (Å²) in [6.45, 7) is 0.954. The lowest BCUT2D eigenvalue weighted by Gasteiger charge is -2.12. The molecule has 1 aromatic carbocycles. The number of nitrogens with zero attached hydrogens (tertiary/aromatic N) is 1. The summed E-state index contributed by atoms with van der Waals surface area (Å²) in [5, 5.41) is 0. The van der Waals surface area contributed by atoms with Crippen molar-refractivity contribution in [3.8, 4) is 5.75 Å². The molecule has 1 rings (SSSR count). The summed E-state index contributed by atoms with van der Waals surface area (Å²) in [6.07, 6.45) is 0.905. The maximum atomic E-state index is 11.7. The van der Waals surface area contributed by atoms with E-state index in [0.29, 0.717) is 11.3 Å². The molecule has 4 nitrogen and oxygen atoms in total. The number of Topliss-reactive ketones (excluding diaryl/α,β-unsaturated/α-hetero) is 1. The molecule has 0 amide bonds. The van der Waals surface area contributed by atoms with Gasteiger partial charge >= 0.3 is 0 Å². The van der Waals surface area contributed by atoms with Gasteiger partial charge in [-0.3, -0.25) is 4.79 Å². The van der Waals surface area contributed by atoms with E-state index >= 15 is 0 Å². The lowest BCUT2D eigenvalue weighted by molar-refractivity contribution is 0.0998. The molecule has 0 heterocycles. The molecule has 94 valence electrons. The number of ketones is 1. The summed E-state index contributed by atoms with van der Waals surface area (Å²) in [5.74, 6) is 0.502. The van der Waals surface area contributed by atoms with Gasteiger partial charge in [0.15, 0.2) is 5.78 Å². The standard InChI is InChI=1S/C13H20N2O2/c1-15(2)7-6-10-4-5-13(17-3)11(8-10)12(16)9-14/h4-5,8H,6-7,9,14H2,1-3H3. The lowest BCUT2D eigenvalue weighted by Crippen LogP contribution is -2.17. The zero-order valence-corrected chi connectivity index (χ0v) is 10.7. The maximum absolute atomic E-state index is 11.7. The summed E-state index contributed by atoms with van der Waals surface area (Å²) in [6, 6.07) is 5.68. The van der Waals surface area contributed by atoms with E-state index in [0.717, 1.165) is 18.5 Å². The number of carbonyl (C=O) groups excluding carboxylic acids is 1. The maximum Gasteiger partial charge on any atom is 0.180 e. The molecular weight excluding hydrogens is 216 g/mol. The van der Waals surface area contributed by atoms with Crippen molar-refractivity contribution in [1.82, 2.24) is 4.90 Å². The highest BCUT2D eigenvalue weighted by Gasteiger charge is 2.11. The minimum Gasteiger partial charge on any atom is -0.496 e. The Bertz CT molecular complexity index is 389. The summed E-state index contributed by atoms with van der Waals surface area (Å²) in [5.41, 5.74) is 7.08. The van der Waals surface area contributed by atoms with Crippen molar-refractivity contribution in [3.63, 3.8) is 0 Å². The minimum atomic E-state index is -0.0893. The largest absolute Gasteiger partial charge is 0.496 e. The Hall–Kier alpha value is -1.39. The monoisotopic (exact) mass is 236 g/mol. The van der Waals surface area contributed by atoms with Gasteiger partial charge in [-0.15, -0.1) is 0 Å². The van der Waals surface area contributed by atoms with Crippen molar-refractivity contribution in [1.29, 1.82) is 0 Å². The normalized spacial score (nSPS) is 10.6. The first-order chi connectivity index (χ1) is 8.08. The summed E-state index contributed by atoms with van der Waals surface area (Å²) in [7, 11) is 5.60. The predicted octanol–water partition coefficient (Wildman–Crippen LogP) is 0.941. The molecule has 0 aliphatic rings. The van der Waals surface area contributed by atoms with Crippen LogP contribution in [0.25, 0.3) is 0 Å². The first-order valence-corrected chi connectivity index (χ1v) is 5.63. The smallest absolute Gasteiger partial charge is 0.180 e. The highest BCUT2D eigenvalue weighted by molar-refractivity contribution is 6.00. The Morgan fingerprint density at radius 3 is 2.65 bits per heavy atom. The third-order valence-corrected chi connectivity index (χ3v) is 2.60. The summed E-state index contributed by atoms with van der Waals surface area (Å²) in [4.78, 5) is 13.8. The van der Waals surface area contributed by atoms with E-state index in [1.54, 1.807) is 7.11 Å². The Balaban J connectivity index is 2.92. The number of hydrogen-bond acceptors (Lipinski definition) is 4. The number of ether oxygens (including phenoxy) is 1. The molecule has 1 aromatic rings. The lowest BCUT2D eigenvalue weighted by atomic mass is 10.0. The van der Waals surface area contributed by atoms with Crippen LogP contribution in [0.3, 0.4) is 0 Å². The summed E-state index contributed by atoms with van der Waals surface area (Å²) >= 11 is 0. The molecule has 0 saturated heterocycles. The highest BCUT2D eigenvalue weighted by Crippen LogP contribution is 2.20. The first kappa shape index (κ1) is 13.7. The molecular formula is C13H20N2O2. The second kappa shape index (κ2) is 6.37. The van der Waals surface area contributed by atoms with Crippen LogP contribution in [0.5, 0.6) is 5.75 Å². The molecule has 17 heavy (non-hydrogen) atoms. The molecule has 0 atom stereocenters. The van der Waals surface area contributed by atoms with Gasteiger partial charge in [0.05, 0.1) is 19.2 Å². The van der Waals surface area contributed by atoms with E-state index in [1.165, 1.54) is 0 Å². The van der Waals surface area contributed by atoms with Crippen molar-refractivity contribution in [2.45, 2.75) is 6.42 Å². The molecule has 0 aliphatic heterocycles. The van der Waals surface area contributed by atoms with Crippen molar-refractivity contribution >= 4 is 5.78 Å². The molecule has 4 heteroatoms. The SMILES string of the molecule is COc1ccc(CCN(C)C)cc1C(=O)CN. The number of hydrogen-bond donors (Lipinski definition) is 1. The van der Waals surface area contributed by atoms with Crippen LogP contribution in [-0.4, -0.2) is 45.0 Å². The van der Waals surface area contributed by atoms with Gasteiger partial charge in [-0.2, -0.15) is 0 Å². The van der Waals surface area contributed by atoms with Gasteiger partial charge < -0.3 is 15.4 Å². The molecule has 2 N–H and O–H groups in total. The number of benzene rings is 1. The van der Waals surface area contributed by atoms with Crippen LogP contribution in [0.1, 0.15) is 15.9 Å². The van der Waals surface area contributed by atoms with Crippen LogP contribution >= 0.6 is 0 Å². The minimum absolute atomic E-state index is 0.00743. The van der Waals surface area contributed by atoms with Crippen LogP contribution in [0.2, 0.25) is 0 Å². The zero-order chi connectivity index (χ0) is 12.8. The Morgan fingerprint density at radius 1 is 1.41 bits per heavy atom. The van der Waals surface area contributed by atoms with Gasteiger partial charge in [0.2, 0.25) is 0 Å². The molecule has 0 aliphatic carbocycles. The van der Waals surface area contributed by atoms with E-state index < -0.39 is 0 Å². The van der Waals surface area contributed by atoms with E-state index in [4.69, 9.17) is 10.5 Å². The van der Waals surface area contributed by atoms with Gasteiger partial charge in [0, 0.05) is 6.54 Å². The van der Waals surface area contributed by atoms with Gasteiger partial charge in [0.25, 0.3) is 0 Å². The van der Waals surface area contributed by atoms with E-state index in [-0.39, 0.29) is 12.3 Å². The molecule has 0 unspecified atom stereocenters. The molecule has 0 spiro atoms. The fourth-order valence-electron chi connectivity index (χ4n) is 1.59. The van der Waals surface area contributed by atoms with Crippen LogP contribution in [0.4, 0.5) is 0 Å². The fourth-order valence-corrected chi connectivity index (χ4v) is 1.59. The first-order valence-electron chi connectivity index (χ1n) is 5.63. The van der Waals surface area contributed by atoms with Crippen LogP contribution in [0, 0.1) is 0 Å². The molecule has 0 aromatic heterocycles. The van der Waals surface area contributed by atoms with Crippen LogP contribution in [-0.2, 0) is 6.42 Å². The number of methoxy groups -OCH3 is 1. The van der Waals surface area contributed by atoms with E-state index in [2.05, 4.69) is 4.90 Å². The third-order valence-electron chi connectivity index (χ3n) is 2.60. The van der Waals surface area contributed by atoms with Crippen molar-refractivity contribution < 1.29 is 9.53 Å². The van der Waals surface area contributed by atoms with Crippen LogP contribution in [0.15, 0.2) is 18.2 Å². The Labute approximate surface area is 102 Å². The number of carbonyl (C=O) groups is 1. The zero-order valence-electron chi connectivity index (χ0n) is 10.7. The number of rotatable bonds is 6. The average Bonchev–Trinajstić information content (AvgIpc) is 2.34. The van der Waals surface area contributed by atoms with Crippen molar-refractivity contribution in [2.24, 2.45) is 5.73 Å². The Morgan fingerprint density at radius 2 is 2.12 bits per heavy atom. The van der Waals surface area contributed by atoms with Gasteiger partial charge in [-0.1, -0.05) is 6.07 Å². The Kier molecular flexibility index (Phi) is 5.12. The van der Waals surface area contributed by atoms with Crippen molar-refractivity contribution in [2.75, 3.05) is 34.3 Å². The molecule has 0 bridgehead atoms. The second-order valence-corrected chi connectivity index (χ2v) is 4.22. The van der Waals surface area contributed by atoms with Gasteiger partial charge in [-0.25, -0.2) is 0 Å². The second-order valence-electron chi connectivity index (χ2n) is 4.22. The van der Waals surface area contributed by atoms with Crippen LogP contribution < -0.4 is 10.5 Å². The topological polar surface area (TPSA) is 55.6 Å². The number of nitrogens with two attached hydrogens (primary N) is 1. The average molecular weight is 236 g/mol. The van der Waals surface area contributed by atoms with E-state index in [1.807, 2.05) is 32.3 Å². The molecule has 0 radical (unpaired) electrons. The summed E-state index contributed by atoms with van der Waals surface area (Å²) < 4.78 is 5.16. The van der Waals surface area contributed by atoms with Gasteiger partial charge in [-0.05, 0) is 38.2 Å². The van der Waals surface area contributed by atoms with Crippen molar-refractivity contribution in [3.05, 3.63) is 29.3 Å². The quantitative estimate of drug-likeness (QED) is 0.747. The molecule has 0 saturated carbocycles. The fraction of sp³-hybridized carbons (Fsp3) is 0.462. The molecule has 0 fully saturated rings. The highest BCUT2D eigenvalue weighted by atomic mass is 16.5.